The molecule has 0 radical (unpaired) electrons. The molecule has 1 aromatic carbocycles. The van der Waals surface area contributed by atoms with Crippen LogP contribution in [0.4, 0.5) is 0 Å². The Balaban J connectivity index is 2.18. The van der Waals surface area contributed by atoms with E-state index < -0.39 is 5.97 Å². The number of esters is 1. The summed E-state index contributed by atoms with van der Waals surface area (Å²) in [4.78, 5) is 25.4. The average Bonchev–Trinajstić information content (AvgIpc) is 3.18. The quantitative estimate of drug-likeness (QED) is 0.532. The lowest BCUT2D eigenvalue weighted by molar-refractivity contribution is -0.142. The summed E-state index contributed by atoms with van der Waals surface area (Å²) in [5.74, 6) is 2.93. The maximum Gasteiger partial charge on any atom is 0.343 e. The van der Waals surface area contributed by atoms with Gasteiger partial charge in [0.15, 0.2) is 18.1 Å². The molecule has 7 nitrogen and oxygen atoms in total. The first-order valence-electron chi connectivity index (χ1n) is 7.71. The Morgan fingerprint density at radius 3 is 2.65 bits per heavy atom. The SMILES string of the molecule is C#CCN(Cc1ccco1)C(=O)c1ccc(OCC(=O)OC)c(OC)c1. The van der Waals surface area contributed by atoms with Crippen LogP contribution in [0.15, 0.2) is 41.0 Å². The van der Waals surface area contributed by atoms with Crippen LogP contribution in [0.2, 0.25) is 0 Å². The van der Waals surface area contributed by atoms with Crippen molar-refractivity contribution in [3.8, 4) is 23.8 Å². The Labute approximate surface area is 151 Å². The second-order valence-electron chi connectivity index (χ2n) is 5.18. The molecule has 0 saturated heterocycles. The van der Waals surface area contributed by atoms with Crippen LogP contribution in [-0.2, 0) is 16.1 Å². The molecule has 0 aliphatic heterocycles. The number of ether oxygens (including phenoxy) is 3. The summed E-state index contributed by atoms with van der Waals surface area (Å²) in [5, 5.41) is 0. The summed E-state index contributed by atoms with van der Waals surface area (Å²) < 4.78 is 20.4. The fourth-order valence-corrected chi connectivity index (χ4v) is 2.20. The molecule has 0 saturated carbocycles. The number of carbonyl (C=O) groups is 2. The van der Waals surface area contributed by atoms with Crippen LogP contribution < -0.4 is 9.47 Å². The Kier molecular flexibility index (Phi) is 6.68. The number of methoxy groups -OCH3 is 2. The minimum atomic E-state index is -0.522. The number of benzene rings is 1. The van der Waals surface area contributed by atoms with Gasteiger partial charge in [-0.15, -0.1) is 6.42 Å². The van der Waals surface area contributed by atoms with Gasteiger partial charge in [-0.2, -0.15) is 0 Å². The lowest BCUT2D eigenvalue weighted by atomic mass is 10.1. The van der Waals surface area contributed by atoms with Gasteiger partial charge >= 0.3 is 5.97 Å². The summed E-state index contributed by atoms with van der Waals surface area (Å²) in [7, 11) is 2.71. The van der Waals surface area contributed by atoms with E-state index in [2.05, 4.69) is 10.7 Å². The molecule has 0 bridgehead atoms. The van der Waals surface area contributed by atoms with E-state index in [1.807, 2.05) is 0 Å². The first kappa shape index (κ1) is 18.9. The lowest BCUT2D eigenvalue weighted by Gasteiger charge is -2.20. The van der Waals surface area contributed by atoms with Crippen molar-refractivity contribution in [2.45, 2.75) is 6.54 Å². The van der Waals surface area contributed by atoms with E-state index in [1.165, 1.54) is 31.4 Å². The van der Waals surface area contributed by atoms with Gasteiger partial charge < -0.3 is 23.5 Å². The Bertz CT molecular complexity index is 791. The molecule has 1 heterocycles. The number of amides is 1. The molecule has 1 aromatic heterocycles. The topological polar surface area (TPSA) is 78.2 Å². The Morgan fingerprint density at radius 2 is 2.04 bits per heavy atom. The van der Waals surface area contributed by atoms with Crippen LogP contribution in [0.25, 0.3) is 0 Å². The smallest absolute Gasteiger partial charge is 0.343 e. The molecule has 1 amide bonds. The molecule has 0 spiro atoms. The van der Waals surface area contributed by atoms with Gasteiger partial charge in [0, 0.05) is 5.56 Å². The van der Waals surface area contributed by atoms with Crippen molar-refractivity contribution in [3.05, 3.63) is 47.9 Å². The molecule has 0 aliphatic rings. The highest BCUT2D eigenvalue weighted by Crippen LogP contribution is 2.28. The standard InChI is InChI=1S/C19H19NO6/c1-4-9-20(12-15-6-5-10-25-15)19(22)14-7-8-16(17(11-14)23-2)26-13-18(21)24-3/h1,5-8,10-11H,9,12-13H2,2-3H3. The molecule has 0 fully saturated rings. The molecule has 0 atom stereocenters. The molecular weight excluding hydrogens is 338 g/mol. The number of nitrogens with zero attached hydrogens (tertiary/aromatic N) is 1. The van der Waals surface area contributed by atoms with Crippen LogP contribution >= 0.6 is 0 Å². The summed E-state index contributed by atoms with van der Waals surface area (Å²) in [6, 6.07) is 8.16. The van der Waals surface area contributed by atoms with Crippen molar-refractivity contribution < 1.29 is 28.2 Å². The monoisotopic (exact) mass is 357 g/mol. The normalized spacial score (nSPS) is 9.88. The minimum absolute atomic E-state index is 0.127. The summed E-state index contributed by atoms with van der Waals surface area (Å²) in [6.45, 7) is 0.114. The number of carbonyl (C=O) groups excluding carboxylic acids is 2. The van der Waals surface area contributed by atoms with Crippen LogP contribution in [0.3, 0.4) is 0 Å². The molecule has 0 N–H and O–H groups in total. The van der Waals surface area contributed by atoms with E-state index in [0.717, 1.165) is 0 Å². The van der Waals surface area contributed by atoms with Crippen molar-refractivity contribution in [3.63, 3.8) is 0 Å². The fraction of sp³-hybridized carbons (Fsp3) is 0.263. The highest BCUT2D eigenvalue weighted by Gasteiger charge is 2.19. The third kappa shape index (κ3) is 4.80. The molecule has 136 valence electrons. The number of furan rings is 1. The van der Waals surface area contributed by atoms with Gasteiger partial charge in [0.1, 0.15) is 5.76 Å². The highest BCUT2D eigenvalue weighted by molar-refractivity contribution is 5.95. The Hall–Kier alpha value is -3.40. The Morgan fingerprint density at radius 1 is 1.23 bits per heavy atom. The minimum Gasteiger partial charge on any atom is -0.493 e. The summed E-state index contributed by atoms with van der Waals surface area (Å²) in [5.41, 5.74) is 0.370. The first-order chi connectivity index (χ1) is 12.6. The zero-order valence-electron chi connectivity index (χ0n) is 14.6. The van der Waals surface area contributed by atoms with Gasteiger partial charge in [-0.05, 0) is 30.3 Å². The van der Waals surface area contributed by atoms with Gasteiger partial charge in [0.2, 0.25) is 0 Å². The predicted octanol–water partition coefficient (Wildman–Crippen LogP) is 2.12. The first-order valence-corrected chi connectivity index (χ1v) is 7.71. The van der Waals surface area contributed by atoms with E-state index in [9.17, 15) is 9.59 Å². The maximum absolute atomic E-state index is 12.8. The summed E-state index contributed by atoms with van der Waals surface area (Å²) in [6.07, 6.45) is 6.90. The maximum atomic E-state index is 12.8. The van der Waals surface area contributed by atoms with Crippen molar-refractivity contribution in [2.75, 3.05) is 27.4 Å². The van der Waals surface area contributed by atoms with Crippen molar-refractivity contribution in [1.29, 1.82) is 0 Å². The summed E-state index contributed by atoms with van der Waals surface area (Å²) >= 11 is 0. The van der Waals surface area contributed by atoms with Gasteiger partial charge in [-0.3, -0.25) is 4.79 Å². The lowest BCUT2D eigenvalue weighted by Crippen LogP contribution is -2.30. The number of terminal acetylenes is 1. The molecule has 0 aliphatic carbocycles. The highest BCUT2D eigenvalue weighted by atomic mass is 16.6. The second-order valence-corrected chi connectivity index (χ2v) is 5.18. The third-order valence-corrected chi connectivity index (χ3v) is 3.48. The van der Waals surface area contributed by atoms with Crippen LogP contribution in [0.5, 0.6) is 11.5 Å². The fourth-order valence-electron chi connectivity index (χ4n) is 2.20. The largest absolute Gasteiger partial charge is 0.493 e. The number of hydrogen-bond donors (Lipinski definition) is 0. The van der Waals surface area contributed by atoms with Gasteiger partial charge in [0.25, 0.3) is 5.91 Å². The molecular formula is C19H19NO6. The van der Waals surface area contributed by atoms with Crippen LogP contribution in [-0.4, -0.2) is 44.1 Å². The molecule has 7 heteroatoms. The van der Waals surface area contributed by atoms with Crippen molar-refractivity contribution >= 4 is 11.9 Å². The van der Waals surface area contributed by atoms with Crippen molar-refractivity contribution in [1.82, 2.24) is 4.90 Å². The second kappa shape index (κ2) is 9.18. The van der Waals surface area contributed by atoms with E-state index in [4.69, 9.17) is 20.3 Å². The third-order valence-electron chi connectivity index (χ3n) is 3.48. The zero-order valence-corrected chi connectivity index (χ0v) is 14.6. The van der Waals surface area contributed by atoms with Crippen LogP contribution in [0.1, 0.15) is 16.1 Å². The van der Waals surface area contributed by atoms with Crippen LogP contribution in [0, 0.1) is 12.3 Å². The van der Waals surface area contributed by atoms with Gasteiger partial charge in [-0.1, -0.05) is 5.92 Å². The molecule has 0 unspecified atom stereocenters. The van der Waals surface area contributed by atoms with E-state index in [1.54, 1.807) is 24.3 Å². The van der Waals surface area contributed by atoms with E-state index in [0.29, 0.717) is 22.8 Å². The van der Waals surface area contributed by atoms with Gasteiger partial charge in [-0.25, -0.2) is 4.79 Å². The predicted molar refractivity (Wildman–Crippen MR) is 92.8 cm³/mol. The number of hydrogen-bond acceptors (Lipinski definition) is 6. The van der Waals surface area contributed by atoms with Crippen molar-refractivity contribution in [2.24, 2.45) is 0 Å². The van der Waals surface area contributed by atoms with E-state index in [-0.39, 0.29) is 25.6 Å². The molecule has 2 rings (SSSR count). The average molecular weight is 357 g/mol. The molecule has 26 heavy (non-hydrogen) atoms. The van der Waals surface area contributed by atoms with Gasteiger partial charge in [0.05, 0.1) is 33.6 Å². The van der Waals surface area contributed by atoms with E-state index >= 15 is 0 Å². The zero-order chi connectivity index (χ0) is 18.9. The number of rotatable bonds is 8. The molecule has 2 aromatic rings.